The largest absolute Gasteiger partial charge is 0.507 e. The summed E-state index contributed by atoms with van der Waals surface area (Å²) in [7, 11) is 0. The van der Waals surface area contributed by atoms with Crippen LogP contribution in [0.3, 0.4) is 0 Å². The monoisotopic (exact) mass is 467 g/mol. The van der Waals surface area contributed by atoms with Crippen molar-refractivity contribution in [3.05, 3.63) is 89.0 Å². The number of hydrogen-bond donors (Lipinski definition) is 2. The van der Waals surface area contributed by atoms with Gasteiger partial charge < -0.3 is 19.8 Å². The molecule has 0 aromatic heterocycles. The van der Waals surface area contributed by atoms with Crippen molar-refractivity contribution in [3.8, 4) is 5.75 Å². The van der Waals surface area contributed by atoms with Crippen molar-refractivity contribution in [2.75, 3.05) is 19.8 Å². The van der Waals surface area contributed by atoms with E-state index in [-0.39, 0.29) is 42.5 Å². The molecule has 34 heavy (non-hydrogen) atoms. The predicted molar refractivity (Wildman–Crippen MR) is 117 cm³/mol. The first kappa shape index (κ1) is 21.1. The van der Waals surface area contributed by atoms with E-state index in [0.29, 0.717) is 12.1 Å². The molecule has 9 heteroatoms. The average molecular weight is 467 g/mol. The summed E-state index contributed by atoms with van der Waals surface area (Å²) in [5, 5.41) is 24.2. The summed E-state index contributed by atoms with van der Waals surface area (Å²) in [6.07, 6.45) is 2.38. The van der Waals surface area contributed by atoms with Gasteiger partial charge in [-0.15, -0.1) is 0 Å². The molecule has 7 nitrogen and oxygen atoms in total. The number of carbonyl (C=O) groups is 1. The first-order valence-electron chi connectivity index (χ1n) is 11.2. The van der Waals surface area contributed by atoms with Crippen LogP contribution in [0.25, 0.3) is 0 Å². The highest BCUT2D eigenvalue weighted by atomic mass is 19.2. The van der Waals surface area contributed by atoms with E-state index < -0.39 is 29.5 Å². The summed E-state index contributed by atoms with van der Waals surface area (Å²) in [5.41, 5.74) is 1.11. The fraction of sp³-hybridized carbons (Fsp3) is 0.320. The lowest BCUT2D eigenvalue weighted by Gasteiger charge is -2.49. The maximum Gasteiger partial charge on any atom is 0.276 e. The molecule has 3 heterocycles. The summed E-state index contributed by atoms with van der Waals surface area (Å²) in [6, 6.07) is 11.1. The van der Waals surface area contributed by atoms with Crippen molar-refractivity contribution >= 4 is 5.91 Å². The summed E-state index contributed by atoms with van der Waals surface area (Å²) in [5.74, 6) is -2.77. The van der Waals surface area contributed by atoms with Gasteiger partial charge in [0.2, 0.25) is 5.82 Å². The fourth-order valence-electron chi connectivity index (χ4n) is 5.08. The van der Waals surface area contributed by atoms with Gasteiger partial charge in [0.15, 0.2) is 23.0 Å². The van der Waals surface area contributed by atoms with Crippen LogP contribution in [0.1, 0.15) is 23.6 Å². The highest BCUT2D eigenvalue weighted by molar-refractivity contribution is 5.94. The smallest absolute Gasteiger partial charge is 0.276 e. The van der Waals surface area contributed by atoms with Crippen molar-refractivity contribution in [1.29, 1.82) is 0 Å². The number of benzene rings is 2. The second-order valence-electron chi connectivity index (χ2n) is 9.13. The Morgan fingerprint density at radius 1 is 1.06 bits per heavy atom. The van der Waals surface area contributed by atoms with Crippen LogP contribution >= 0.6 is 0 Å². The third kappa shape index (κ3) is 3.26. The Bertz CT molecular complexity index is 1220. The van der Waals surface area contributed by atoms with Crippen molar-refractivity contribution in [3.63, 3.8) is 0 Å². The van der Waals surface area contributed by atoms with Gasteiger partial charge in [-0.1, -0.05) is 36.4 Å². The molecule has 3 aliphatic heterocycles. The van der Waals surface area contributed by atoms with Gasteiger partial charge >= 0.3 is 0 Å². The molecule has 0 spiro atoms. The Morgan fingerprint density at radius 3 is 2.65 bits per heavy atom. The molecule has 5 atom stereocenters. The molecule has 2 aromatic rings. The van der Waals surface area contributed by atoms with Gasteiger partial charge in [-0.05, 0) is 36.0 Å². The predicted octanol–water partition coefficient (Wildman–Crippen LogP) is 3.06. The van der Waals surface area contributed by atoms with Crippen LogP contribution in [0.5, 0.6) is 5.75 Å². The van der Waals surface area contributed by atoms with Crippen molar-refractivity contribution in [1.82, 2.24) is 14.9 Å². The molecule has 4 aliphatic rings. The van der Waals surface area contributed by atoms with Crippen LogP contribution in [-0.2, 0) is 4.79 Å². The minimum atomic E-state index is -1.31. The number of carbonyl (C=O) groups excluding carboxylic acids is 1. The molecule has 2 fully saturated rings. The van der Waals surface area contributed by atoms with Crippen molar-refractivity contribution in [2.45, 2.75) is 18.6 Å². The van der Waals surface area contributed by atoms with E-state index in [4.69, 9.17) is 4.74 Å². The van der Waals surface area contributed by atoms with Crippen LogP contribution in [0.15, 0.2) is 66.2 Å². The Morgan fingerprint density at radius 2 is 1.85 bits per heavy atom. The molecule has 1 saturated heterocycles. The molecule has 176 valence electrons. The SMILES string of the molecule is O=C1C2=C(O)C(O)C=CN2N2CN1C[C@@H]1C[C@H]1COc1c(ccc(F)c1F)[C@@H]2c1ccccc1. The number of amides is 1. The Kier molecular flexibility index (Phi) is 4.86. The topological polar surface area (TPSA) is 76.5 Å². The first-order valence-corrected chi connectivity index (χ1v) is 11.2. The van der Waals surface area contributed by atoms with E-state index in [9.17, 15) is 19.4 Å². The quantitative estimate of drug-likeness (QED) is 0.672. The Hall–Kier alpha value is -3.43. The zero-order valence-electron chi connectivity index (χ0n) is 18.1. The maximum atomic E-state index is 15.1. The van der Waals surface area contributed by atoms with Gasteiger partial charge in [0.05, 0.1) is 19.3 Å². The van der Waals surface area contributed by atoms with E-state index in [0.717, 1.165) is 18.1 Å². The summed E-state index contributed by atoms with van der Waals surface area (Å²) in [4.78, 5) is 15.0. The van der Waals surface area contributed by atoms with Gasteiger partial charge in [-0.25, -0.2) is 4.39 Å². The number of halogens is 2. The molecule has 1 amide bonds. The minimum absolute atomic E-state index is 0.0521. The summed E-state index contributed by atoms with van der Waals surface area (Å²) < 4.78 is 35.3. The standard InChI is InChI=1S/C25H23F2N3O4/c26-18-7-6-17-21(14-4-2-1-3-5-14)30-13-28(11-15-10-16(15)12-34-24(17)20(18)27)25(33)22-23(32)19(31)8-9-29(22)30/h1-9,15-16,19,21,31-32H,10-13H2/t15-,16-,19?,21-/m0/s1. The van der Waals surface area contributed by atoms with E-state index in [2.05, 4.69) is 0 Å². The van der Waals surface area contributed by atoms with Gasteiger partial charge in [-0.3, -0.25) is 9.80 Å². The zero-order chi connectivity index (χ0) is 23.6. The van der Waals surface area contributed by atoms with Gasteiger partial charge in [0, 0.05) is 18.3 Å². The van der Waals surface area contributed by atoms with Gasteiger partial charge in [-0.2, -0.15) is 9.40 Å². The number of aliphatic hydroxyl groups excluding tert-OH is 2. The minimum Gasteiger partial charge on any atom is -0.507 e. The number of fused-ring (bicyclic) bond motifs is 6. The highest BCUT2D eigenvalue weighted by Crippen LogP contribution is 2.46. The van der Waals surface area contributed by atoms with E-state index in [1.54, 1.807) is 9.91 Å². The molecule has 1 aliphatic carbocycles. The van der Waals surface area contributed by atoms with Crippen LogP contribution in [0, 0.1) is 23.5 Å². The third-order valence-corrected chi connectivity index (χ3v) is 7.00. The number of nitrogens with zero attached hydrogens (tertiary/aromatic N) is 3. The summed E-state index contributed by atoms with van der Waals surface area (Å²) in [6.45, 7) is 0.803. The van der Waals surface area contributed by atoms with Gasteiger partial charge in [0.1, 0.15) is 6.10 Å². The summed E-state index contributed by atoms with van der Waals surface area (Å²) >= 11 is 0. The fourth-order valence-corrected chi connectivity index (χ4v) is 5.08. The number of hydrogen-bond acceptors (Lipinski definition) is 6. The molecular formula is C25H23F2N3O4. The molecule has 2 unspecified atom stereocenters. The van der Waals surface area contributed by atoms with Crippen LogP contribution in [-0.4, -0.2) is 57.0 Å². The molecule has 2 aromatic carbocycles. The van der Waals surface area contributed by atoms with E-state index in [1.165, 1.54) is 23.4 Å². The van der Waals surface area contributed by atoms with Crippen LogP contribution in [0.2, 0.25) is 0 Å². The maximum absolute atomic E-state index is 15.1. The second-order valence-corrected chi connectivity index (χ2v) is 9.13. The van der Waals surface area contributed by atoms with E-state index >= 15 is 4.39 Å². The lowest BCUT2D eigenvalue weighted by Crippen LogP contribution is -2.59. The third-order valence-electron chi connectivity index (χ3n) is 7.00. The molecule has 1 saturated carbocycles. The lowest BCUT2D eigenvalue weighted by molar-refractivity contribution is -0.150. The molecule has 2 bridgehead atoms. The van der Waals surface area contributed by atoms with Crippen molar-refractivity contribution < 1.29 is 28.5 Å². The number of ether oxygens (including phenoxy) is 1. The first-order chi connectivity index (χ1) is 16.4. The number of aliphatic hydroxyl groups is 2. The second kappa shape index (κ2) is 7.82. The highest BCUT2D eigenvalue weighted by Gasteiger charge is 2.47. The van der Waals surface area contributed by atoms with Gasteiger partial charge in [0.25, 0.3) is 5.91 Å². The van der Waals surface area contributed by atoms with E-state index in [1.807, 2.05) is 30.3 Å². The molecule has 6 rings (SSSR count). The lowest BCUT2D eigenvalue weighted by atomic mass is 9.96. The Labute approximate surface area is 194 Å². The molecule has 0 radical (unpaired) electrons. The van der Waals surface area contributed by atoms with Crippen molar-refractivity contribution in [2.24, 2.45) is 11.8 Å². The van der Waals surface area contributed by atoms with Crippen LogP contribution in [0.4, 0.5) is 8.78 Å². The number of hydrazine groups is 1. The molecule has 2 N–H and O–H groups in total. The average Bonchev–Trinajstić information content (AvgIpc) is 3.58. The molecular weight excluding hydrogens is 444 g/mol. The number of rotatable bonds is 1. The van der Waals surface area contributed by atoms with Crippen LogP contribution < -0.4 is 4.74 Å². The zero-order valence-corrected chi connectivity index (χ0v) is 18.1. The Balaban J connectivity index is 1.58. The normalized spacial score (nSPS) is 30.1.